The summed E-state index contributed by atoms with van der Waals surface area (Å²) in [4.78, 5) is 1.94. The minimum atomic E-state index is -0.483. The van der Waals surface area contributed by atoms with Gasteiger partial charge in [0.05, 0.1) is 19.3 Å². The van der Waals surface area contributed by atoms with Crippen molar-refractivity contribution in [3.8, 4) is 0 Å². The molecule has 1 N–H and O–H groups in total. The highest BCUT2D eigenvalue weighted by atomic mass is 35.5. The van der Waals surface area contributed by atoms with Gasteiger partial charge in [-0.05, 0) is 18.6 Å². The summed E-state index contributed by atoms with van der Waals surface area (Å²) in [5, 5.41) is 17.9. The van der Waals surface area contributed by atoms with Gasteiger partial charge in [-0.2, -0.15) is 0 Å². The van der Waals surface area contributed by atoms with Gasteiger partial charge < -0.3 is 9.84 Å². The Labute approximate surface area is 97.6 Å². The van der Waals surface area contributed by atoms with Crippen LogP contribution in [0, 0.1) is 0 Å². The molecule has 1 heterocycles. The molecule has 1 atom stereocenters. The average molecular weight is 252 g/mol. The molecular formula is C8H14ClN3O2S. The summed E-state index contributed by atoms with van der Waals surface area (Å²) in [6.45, 7) is 1.50. The number of nitrogens with zero attached hydrogens (tertiary/aromatic N) is 3. The van der Waals surface area contributed by atoms with Crippen LogP contribution in [-0.4, -0.2) is 53.6 Å². The van der Waals surface area contributed by atoms with Gasteiger partial charge in [-0.3, -0.25) is 4.90 Å². The van der Waals surface area contributed by atoms with Crippen LogP contribution in [0.25, 0.3) is 0 Å². The van der Waals surface area contributed by atoms with Crippen LogP contribution in [0.3, 0.4) is 0 Å². The molecule has 15 heavy (non-hydrogen) atoms. The zero-order valence-electron chi connectivity index (χ0n) is 8.68. The average Bonchev–Trinajstić information content (AvgIpc) is 2.51. The van der Waals surface area contributed by atoms with Gasteiger partial charge in [-0.1, -0.05) is 11.3 Å². The topological polar surface area (TPSA) is 58.5 Å². The highest BCUT2D eigenvalue weighted by Gasteiger charge is 2.10. The van der Waals surface area contributed by atoms with Gasteiger partial charge in [0.25, 0.3) is 0 Å². The number of aromatic nitrogens is 2. The summed E-state index contributed by atoms with van der Waals surface area (Å²) in [5.74, 6) is 0. The molecule has 0 bridgehead atoms. The minimum Gasteiger partial charge on any atom is -0.389 e. The van der Waals surface area contributed by atoms with Crippen LogP contribution in [0.4, 0.5) is 0 Å². The minimum absolute atomic E-state index is 0.335. The summed E-state index contributed by atoms with van der Waals surface area (Å²) < 4.78 is 5.28. The molecule has 0 saturated carbocycles. The molecule has 0 saturated heterocycles. The molecule has 0 fully saturated rings. The van der Waals surface area contributed by atoms with E-state index in [0.29, 0.717) is 24.2 Å². The molecule has 7 heteroatoms. The smallest absolute Gasteiger partial charge is 0.207 e. The quantitative estimate of drug-likeness (QED) is 0.804. The highest BCUT2D eigenvalue weighted by Crippen LogP contribution is 2.15. The van der Waals surface area contributed by atoms with Crippen molar-refractivity contribution in [2.24, 2.45) is 0 Å². The predicted molar refractivity (Wildman–Crippen MR) is 59.1 cm³/mol. The van der Waals surface area contributed by atoms with Gasteiger partial charge in [-0.15, -0.1) is 10.2 Å². The molecule has 1 rings (SSSR count). The second-order valence-electron chi connectivity index (χ2n) is 3.25. The SMILES string of the molecule is COCC(O)CN(C)Cc1nnc(Cl)s1. The monoisotopic (exact) mass is 251 g/mol. The first-order chi connectivity index (χ1) is 7.11. The Bertz CT molecular complexity index is 297. The number of methoxy groups -OCH3 is 1. The van der Waals surface area contributed by atoms with Crippen molar-refractivity contribution < 1.29 is 9.84 Å². The van der Waals surface area contributed by atoms with Crippen molar-refractivity contribution in [1.82, 2.24) is 15.1 Å². The lowest BCUT2D eigenvalue weighted by Crippen LogP contribution is -2.31. The summed E-state index contributed by atoms with van der Waals surface area (Å²) in [6.07, 6.45) is -0.483. The second kappa shape index (κ2) is 6.34. The van der Waals surface area contributed by atoms with E-state index in [-0.39, 0.29) is 0 Å². The predicted octanol–water partition coefficient (Wildman–Crippen LogP) is 0.631. The van der Waals surface area contributed by atoms with Crippen molar-refractivity contribution in [3.63, 3.8) is 0 Å². The van der Waals surface area contributed by atoms with Crippen molar-refractivity contribution >= 4 is 22.9 Å². The van der Waals surface area contributed by atoms with Crippen molar-refractivity contribution in [1.29, 1.82) is 0 Å². The number of rotatable bonds is 6. The molecule has 0 aromatic carbocycles. The molecule has 1 aromatic rings. The van der Waals surface area contributed by atoms with Crippen LogP contribution < -0.4 is 0 Å². The van der Waals surface area contributed by atoms with Crippen molar-refractivity contribution in [2.75, 3.05) is 27.3 Å². The Morgan fingerprint density at radius 1 is 1.60 bits per heavy atom. The third-order valence-corrected chi connectivity index (χ3v) is 2.73. The number of hydrogen-bond donors (Lipinski definition) is 1. The van der Waals surface area contributed by atoms with E-state index in [1.54, 1.807) is 7.11 Å². The van der Waals surface area contributed by atoms with Gasteiger partial charge in [0.1, 0.15) is 5.01 Å². The fraction of sp³-hybridized carbons (Fsp3) is 0.750. The maximum absolute atomic E-state index is 9.48. The van der Waals surface area contributed by atoms with Crippen LogP contribution in [-0.2, 0) is 11.3 Å². The number of likely N-dealkylation sites (N-methyl/N-ethyl adjacent to an activating group) is 1. The molecule has 0 aliphatic rings. The maximum atomic E-state index is 9.48. The van der Waals surface area contributed by atoms with Crippen molar-refractivity contribution in [3.05, 3.63) is 9.47 Å². The van der Waals surface area contributed by atoms with E-state index in [9.17, 15) is 5.11 Å². The lowest BCUT2D eigenvalue weighted by atomic mass is 10.3. The van der Waals surface area contributed by atoms with E-state index < -0.39 is 6.10 Å². The second-order valence-corrected chi connectivity index (χ2v) is 4.90. The van der Waals surface area contributed by atoms with E-state index >= 15 is 0 Å². The summed E-state index contributed by atoms with van der Waals surface area (Å²) in [7, 11) is 3.46. The van der Waals surface area contributed by atoms with Crippen LogP contribution in [0.15, 0.2) is 0 Å². The standard InChI is InChI=1S/C8H14ClN3O2S/c1-12(3-6(13)5-14-2)4-7-10-11-8(9)15-7/h6,13H,3-5H2,1-2H3. The van der Waals surface area contributed by atoms with Gasteiger partial charge in [-0.25, -0.2) is 0 Å². The molecule has 0 radical (unpaired) electrons. The van der Waals surface area contributed by atoms with Gasteiger partial charge in [0, 0.05) is 13.7 Å². The first-order valence-corrected chi connectivity index (χ1v) is 5.64. The largest absolute Gasteiger partial charge is 0.389 e. The van der Waals surface area contributed by atoms with Crippen molar-refractivity contribution in [2.45, 2.75) is 12.6 Å². The zero-order valence-corrected chi connectivity index (χ0v) is 10.3. The van der Waals surface area contributed by atoms with Gasteiger partial charge in [0.2, 0.25) is 4.47 Å². The lowest BCUT2D eigenvalue weighted by molar-refractivity contribution is 0.0418. The van der Waals surface area contributed by atoms with Crippen LogP contribution in [0.2, 0.25) is 4.47 Å². The van der Waals surface area contributed by atoms with E-state index in [4.69, 9.17) is 16.3 Å². The molecular weight excluding hydrogens is 238 g/mol. The Morgan fingerprint density at radius 2 is 2.33 bits per heavy atom. The van der Waals surface area contributed by atoms with E-state index in [2.05, 4.69) is 10.2 Å². The summed E-state index contributed by atoms with van der Waals surface area (Å²) >= 11 is 7.00. The Balaban J connectivity index is 2.32. The number of ether oxygens (including phenoxy) is 1. The zero-order chi connectivity index (χ0) is 11.3. The first kappa shape index (κ1) is 12.8. The normalized spacial score (nSPS) is 13.4. The molecule has 0 spiro atoms. The molecule has 1 aromatic heterocycles. The van der Waals surface area contributed by atoms with Crippen LogP contribution in [0.1, 0.15) is 5.01 Å². The summed E-state index contributed by atoms with van der Waals surface area (Å²) in [5.41, 5.74) is 0. The number of aliphatic hydroxyl groups is 1. The Kier molecular flexibility index (Phi) is 5.41. The molecule has 5 nitrogen and oxygen atoms in total. The van der Waals surface area contributed by atoms with Gasteiger partial charge in [0.15, 0.2) is 0 Å². The third-order valence-electron chi connectivity index (χ3n) is 1.73. The number of halogens is 1. The highest BCUT2D eigenvalue weighted by molar-refractivity contribution is 7.15. The lowest BCUT2D eigenvalue weighted by Gasteiger charge is -2.18. The Morgan fingerprint density at radius 3 is 2.87 bits per heavy atom. The summed E-state index contributed by atoms with van der Waals surface area (Å²) in [6, 6.07) is 0. The molecule has 1 unspecified atom stereocenters. The van der Waals surface area contributed by atoms with E-state index in [1.807, 2.05) is 11.9 Å². The fourth-order valence-electron chi connectivity index (χ4n) is 1.20. The molecule has 0 amide bonds. The van der Waals surface area contributed by atoms with E-state index in [1.165, 1.54) is 11.3 Å². The number of hydrogen-bond acceptors (Lipinski definition) is 6. The van der Waals surface area contributed by atoms with Crippen LogP contribution in [0.5, 0.6) is 0 Å². The third kappa shape index (κ3) is 4.85. The van der Waals surface area contributed by atoms with Gasteiger partial charge >= 0.3 is 0 Å². The maximum Gasteiger partial charge on any atom is 0.207 e. The molecule has 86 valence electrons. The number of aliphatic hydroxyl groups excluding tert-OH is 1. The molecule has 0 aliphatic heterocycles. The Hall–Kier alpha value is -0.270. The molecule has 0 aliphatic carbocycles. The van der Waals surface area contributed by atoms with Crippen LogP contribution >= 0.6 is 22.9 Å². The fourth-order valence-corrected chi connectivity index (χ4v) is 2.14. The first-order valence-electron chi connectivity index (χ1n) is 4.45. The van der Waals surface area contributed by atoms with E-state index in [0.717, 1.165) is 5.01 Å².